The van der Waals surface area contributed by atoms with E-state index in [0.29, 0.717) is 22.6 Å². The zero-order valence-electron chi connectivity index (χ0n) is 17.2. The Labute approximate surface area is 178 Å². The molecule has 2 heterocycles. The Bertz CT molecular complexity index is 1290. The summed E-state index contributed by atoms with van der Waals surface area (Å²) in [6, 6.07) is 15.0. The van der Waals surface area contributed by atoms with Crippen LogP contribution in [-0.4, -0.2) is 27.0 Å². The van der Waals surface area contributed by atoms with Gasteiger partial charge in [-0.2, -0.15) is 0 Å². The minimum Gasteiger partial charge on any atom is -0.495 e. The Hall–Kier alpha value is -4.27. The molecule has 0 saturated heterocycles. The van der Waals surface area contributed by atoms with E-state index in [1.54, 1.807) is 12.1 Å². The number of nitrogens with zero attached hydrogens (tertiary/aromatic N) is 4. The van der Waals surface area contributed by atoms with Gasteiger partial charge in [-0.15, -0.1) is 0 Å². The van der Waals surface area contributed by atoms with Gasteiger partial charge in [-0.25, -0.2) is 9.97 Å². The lowest BCUT2D eigenvalue weighted by molar-refractivity contribution is -0.383. The summed E-state index contributed by atoms with van der Waals surface area (Å²) in [5, 5.41) is 18.9. The van der Waals surface area contributed by atoms with Gasteiger partial charge in [0.2, 0.25) is 11.6 Å². The fraction of sp³-hybridized carbons (Fsp3) is 0.136. The summed E-state index contributed by atoms with van der Waals surface area (Å²) >= 11 is 0. The molecule has 156 valence electrons. The van der Waals surface area contributed by atoms with E-state index in [9.17, 15) is 10.1 Å². The van der Waals surface area contributed by atoms with Crippen LogP contribution >= 0.6 is 0 Å². The number of benzene rings is 2. The van der Waals surface area contributed by atoms with Crippen molar-refractivity contribution in [3.8, 4) is 5.75 Å². The highest BCUT2D eigenvalue weighted by Crippen LogP contribution is 2.36. The number of hydrogen-bond donors (Lipinski definition) is 2. The highest BCUT2D eigenvalue weighted by molar-refractivity contribution is 5.93. The maximum absolute atomic E-state index is 12.0. The second-order valence-corrected chi connectivity index (χ2v) is 6.96. The van der Waals surface area contributed by atoms with Crippen molar-refractivity contribution in [3.63, 3.8) is 0 Å². The lowest BCUT2D eigenvalue weighted by Gasteiger charge is -2.13. The number of nitro groups is 1. The second-order valence-electron chi connectivity index (χ2n) is 6.96. The average molecular weight is 416 g/mol. The highest BCUT2D eigenvalue weighted by atomic mass is 16.6. The van der Waals surface area contributed by atoms with Crippen LogP contribution in [0.25, 0.3) is 10.9 Å². The topological polar surface area (TPSA) is 115 Å². The molecule has 2 N–H and O–H groups in total. The van der Waals surface area contributed by atoms with Crippen molar-refractivity contribution >= 4 is 39.6 Å². The largest absolute Gasteiger partial charge is 0.495 e. The molecule has 9 heteroatoms. The Morgan fingerprint density at radius 3 is 2.42 bits per heavy atom. The molecule has 2 aromatic heterocycles. The SMILES string of the molecule is COc1ccc(C)cc1Nc1ncnc(Nc2cccc3ccc(C)nc23)c1[N+](=O)[O-]. The zero-order valence-corrected chi connectivity index (χ0v) is 17.2. The number of rotatable bonds is 6. The Morgan fingerprint density at radius 1 is 0.968 bits per heavy atom. The van der Waals surface area contributed by atoms with Crippen LogP contribution in [0.4, 0.5) is 28.7 Å². The van der Waals surface area contributed by atoms with E-state index in [2.05, 4.69) is 25.6 Å². The van der Waals surface area contributed by atoms with Crippen molar-refractivity contribution in [1.29, 1.82) is 0 Å². The Balaban J connectivity index is 1.78. The van der Waals surface area contributed by atoms with Gasteiger partial charge in [0.05, 0.1) is 28.9 Å². The fourth-order valence-corrected chi connectivity index (χ4v) is 3.25. The van der Waals surface area contributed by atoms with Gasteiger partial charge < -0.3 is 15.4 Å². The lowest BCUT2D eigenvalue weighted by Crippen LogP contribution is -2.06. The van der Waals surface area contributed by atoms with Crippen molar-refractivity contribution in [1.82, 2.24) is 15.0 Å². The van der Waals surface area contributed by atoms with Gasteiger partial charge in [-0.1, -0.05) is 24.3 Å². The molecule has 31 heavy (non-hydrogen) atoms. The maximum Gasteiger partial charge on any atom is 0.353 e. The van der Waals surface area contributed by atoms with Gasteiger partial charge in [-0.3, -0.25) is 15.1 Å². The van der Waals surface area contributed by atoms with E-state index >= 15 is 0 Å². The average Bonchev–Trinajstić information content (AvgIpc) is 2.74. The van der Waals surface area contributed by atoms with Crippen LogP contribution < -0.4 is 15.4 Å². The van der Waals surface area contributed by atoms with Gasteiger partial charge in [0.1, 0.15) is 12.1 Å². The van der Waals surface area contributed by atoms with Crippen LogP contribution in [0.1, 0.15) is 11.3 Å². The second kappa shape index (κ2) is 8.23. The first-order chi connectivity index (χ1) is 15.0. The fourth-order valence-electron chi connectivity index (χ4n) is 3.25. The summed E-state index contributed by atoms with van der Waals surface area (Å²) in [6.07, 6.45) is 1.27. The summed E-state index contributed by atoms with van der Waals surface area (Å²) in [6.45, 7) is 3.81. The molecule has 0 radical (unpaired) electrons. The summed E-state index contributed by atoms with van der Waals surface area (Å²) in [4.78, 5) is 24.2. The molecule has 0 amide bonds. The first-order valence-corrected chi connectivity index (χ1v) is 9.50. The van der Waals surface area contributed by atoms with E-state index in [0.717, 1.165) is 16.6 Å². The normalized spacial score (nSPS) is 10.7. The van der Waals surface area contributed by atoms with Crippen molar-refractivity contribution < 1.29 is 9.66 Å². The highest BCUT2D eigenvalue weighted by Gasteiger charge is 2.24. The Morgan fingerprint density at radius 2 is 1.71 bits per heavy atom. The molecule has 0 bridgehead atoms. The van der Waals surface area contributed by atoms with Gasteiger partial charge in [0.25, 0.3) is 0 Å². The van der Waals surface area contributed by atoms with Crippen LogP contribution in [0, 0.1) is 24.0 Å². The van der Waals surface area contributed by atoms with Crippen LogP contribution in [0.5, 0.6) is 5.75 Å². The number of ether oxygens (including phenoxy) is 1. The molecule has 2 aromatic carbocycles. The Kier molecular flexibility index (Phi) is 5.31. The monoisotopic (exact) mass is 416 g/mol. The number of pyridine rings is 1. The number of fused-ring (bicyclic) bond motifs is 1. The van der Waals surface area contributed by atoms with E-state index in [1.807, 2.05) is 50.2 Å². The molecule has 4 rings (SSSR count). The third-order valence-electron chi connectivity index (χ3n) is 4.73. The zero-order chi connectivity index (χ0) is 22.0. The van der Waals surface area contributed by atoms with Crippen molar-refractivity contribution in [2.75, 3.05) is 17.7 Å². The maximum atomic E-state index is 12.0. The number of methoxy groups -OCH3 is 1. The van der Waals surface area contributed by atoms with Gasteiger partial charge in [0.15, 0.2) is 0 Å². The predicted octanol–water partition coefficient (Wildman–Crippen LogP) is 5.05. The molecular formula is C22H20N6O3. The summed E-state index contributed by atoms with van der Waals surface area (Å²) in [5.74, 6) is 0.655. The van der Waals surface area contributed by atoms with Crippen LogP contribution in [0.2, 0.25) is 0 Å². The number of nitrogens with one attached hydrogen (secondary N) is 2. The molecule has 0 saturated carbocycles. The van der Waals surface area contributed by atoms with Gasteiger partial charge in [-0.05, 0) is 43.7 Å². The van der Waals surface area contributed by atoms with E-state index in [-0.39, 0.29) is 17.3 Å². The van der Waals surface area contributed by atoms with E-state index in [1.165, 1.54) is 13.4 Å². The third kappa shape index (κ3) is 4.06. The number of aryl methyl sites for hydroxylation is 2. The molecule has 4 aromatic rings. The van der Waals surface area contributed by atoms with Crippen LogP contribution in [0.15, 0.2) is 54.9 Å². The third-order valence-corrected chi connectivity index (χ3v) is 4.73. The molecule has 9 nitrogen and oxygen atoms in total. The van der Waals surface area contributed by atoms with Gasteiger partial charge in [0, 0.05) is 11.1 Å². The first-order valence-electron chi connectivity index (χ1n) is 9.50. The first kappa shape index (κ1) is 20.0. The molecule has 0 aliphatic heterocycles. The van der Waals surface area contributed by atoms with Crippen molar-refractivity contribution in [3.05, 3.63) is 76.2 Å². The minimum atomic E-state index is -0.517. The van der Waals surface area contributed by atoms with Crippen molar-refractivity contribution in [2.45, 2.75) is 13.8 Å². The summed E-state index contributed by atoms with van der Waals surface area (Å²) < 4.78 is 5.36. The number of hydrogen-bond acceptors (Lipinski definition) is 8. The molecule has 0 fully saturated rings. The lowest BCUT2D eigenvalue weighted by atomic mass is 10.1. The molecule has 0 atom stereocenters. The standard InChI is InChI=1S/C22H20N6O3/c1-13-7-10-18(31-3)17(11-13)27-22-20(28(29)30)21(23-12-24-22)26-16-6-4-5-15-9-8-14(2)25-19(15)16/h4-12H,1-3H3,(H2,23,24,26,27). The smallest absolute Gasteiger partial charge is 0.353 e. The minimum absolute atomic E-state index is 0.0516. The predicted molar refractivity (Wildman–Crippen MR) is 119 cm³/mol. The molecule has 0 unspecified atom stereocenters. The van der Waals surface area contributed by atoms with Crippen LogP contribution in [-0.2, 0) is 0 Å². The molecular weight excluding hydrogens is 396 g/mol. The summed E-state index contributed by atoms with van der Waals surface area (Å²) in [7, 11) is 1.53. The van der Waals surface area contributed by atoms with Gasteiger partial charge >= 0.3 is 5.69 Å². The molecule has 0 aliphatic carbocycles. The van der Waals surface area contributed by atoms with Crippen LogP contribution in [0.3, 0.4) is 0 Å². The van der Waals surface area contributed by atoms with Crippen molar-refractivity contribution in [2.24, 2.45) is 0 Å². The van der Waals surface area contributed by atoms with E-state index < -0.39 is 4.92 Å². The summed E-state index contributed by atoms with van der Waals surface area (Å²) in [5.41, 5.74) is 3.41. The molecule has 0 aliphatic rings. The number of anilines is 4. The molecule has 0 spiro atoms. The van der Waals surface area contributed by atoms with E-state index in [4.69, 9.17) is 4.74 Å². The number of aromatic nitrogens is 3. The number of para-hydroxylation sites is 1. The quantitative estimate of drug-likeness (QED) is 0.332.